The smallest absolute Gasteiger partial charge is 0.339 e. The van der Waals surface area contributed by atoms with Gasteiger partial charge in [-0.2, -0.15) is 0 Å². The molecule has 0 heterocycles. The predicted octanol–water partition coefficient (Wildman–Crippen LogP) is 3.28. The minimum absolute atomic E-state index is 0.407. The first-order valence-electron chi connectivity index (χ1n) is 6.01. The third kappa shape index (κ3) is 3.55. The molecule has 2 N–H and O–H groups in total. The first-order valence-corrected chi connectivity index (χ1v) is 6.42. The Balaban J connectivity index is 2.10. The number of hydrogen-bond donors (Lipinski definition) is 2. The molecule has 0 radical (unpaired) electrons. The second kappa shape index (κ2) is 6.68. The van der Waals surface area contributed by atoms with Crippen LogP contribution >= 0.6 is 12.2 Å². The first-order chi connectivity index (χ1) is 9.70. The van der Waals surface area contributed by atoms with Crippen molar-refractivity contribution in [2.45, 2.75) is 0 Å². The van der Waals surface area contributed by atoms with Crippen molar-refractivity contribution in [2.75, 3.05) is 17.7 Å². The lowest BCUT2D eigenvalue weighted by Gasteiger charge is -2.13. The van der Waals surface area contributed by atoms with Gasteiger partial charge >= 0.3 is 5.97 Å². The van der Waals surface area contributed by atoms with Crippen LogP contribution in [-0.4, -0.2) is 18.2 Å². The molecule has 4 nitrogen and oxygen atoms in total. The van der Waals surface area contributed by atoms with Gasteiger partial charge in [0, 0.05) is 5.69 Å². The van der Waals surface area contributed by atoms with E-state index in [1.165, 1.54) is 7.11 Å². The predicted molar refractivity (Wildman–Crippen MR) is 84.1 cm³/mol. The van der Waals surface area contributed by atoms with E-state index in [0.717, 1.165) is 5.69 Å². The number of methoxy groups -OCH3 is 1. The van der Waals surface area contributed by atoms with Crippen molar-refractivity contribution >= 4 is 34.7 Å². The van der Waals surface area contributed by atoms with Crippen LogP contribution in [-0.2, 0) is 4.74 Å². The summed E-state index contributed by atoms with van der Waals surface area (Å²) in [6.07, 6.45) is 0. The monoisotopic (exact) mass is 286 g/mol. The van der Waals surface area contributed by atoms with E-state index in [4.69, 9.17) is 17.0 Å². The molecule has 0 amide bonds. The summed E-state index contributed by atoms with van der Waals surface area (Å²) < 4.78 is 4.73. The summed E-state index contributed by atoms with van der Waals surface area (Å²) >= 11 is 5.23. The van der Waals surface area contributed by atoms with Gasteiger partial charge in [0.2, 0.25) is 0 Å². The van der Waals surface area contributed by atoms with E-state index in [-0.39, 0.29) is 0 Å². The Labute approximate surface area is 122 Å². The Bertz CT molecular complexity index is 614. The Morgan fingerprint density at radius 3 is 2.35 bits per heavy atom. The number of rotatable bonds is 3. The largest absolute Gasteiger partial charge is 0.465 e. The summed E-state index contributed by atoms with van der Waals surface area (Å²) in [6.45, 7) is 0. The zero-order chi connectivity index (χ0) is 14.4. The third-order valence-electron chi connectivity index (χ3n) is 2.61. The number of thiocarbonyl (C=S) groups is 1. The highest BCUT2D eigenvalue weighted by molar-refractivity contribution is 7.80. The molecule has 0 saturated heterocycles. The van der Waals surface area contributed by atoms with Crippen molar-refractivity contribution in [1.29, 1.82) is 0 Å². The van der Waals surface area contributed by atoms with Crippen LogP contribution in [0.1, 0.15) is 10.4 Å². The van der Waals surface area contributed by atoms with E-state index in [1.807, 2.05) is 36.4 Å². The van der Waals surface area contributed by atoms with E-state index in [1.54, 1.807) is 18.2 Å². The topological polar surface area (TPSA) is 50.4 Å². The minimum Gasteiger partial charge on any atom is -0.465 e. The van der Waals surface area contributed by atoms with Crippen LogP contribution in [0.5, 0.6) is 0 Å². The number of hydrogen-bond acceptors (Lipinski definition) is 3. The number of anilines is 2. The van der Waals surface area contributed by atoms with Gasteiger partial charge in [-0.1, -0.05) is 30.3 Å². The maximum atomic E-state index is 11.6. The number of carbonyl (C=O) groups is 1. The zero-order valence-electron chi connectivity index (χ0n) is 10.9. The van der Waals surface area contributed by atoms with Crippen molar-refractivity contribution in [2.24, 2.45) is 0 Å². The molecule has 0 spiro atoms. The summed E-state index contributed by atoms with van der Waals surface area (Å²) in [5, 5.41) is 6.45. The van der Waals surface area contributed by atoms with Crippen LogP contribution in [0.25, 0.3) is 0 Å². The normalized spacial score (nSPS) is 9.65. The summed E-state index contributed by atoms with van der Waals surface area (Å²) in [5.74, 6) is -0.407. The fourth-order valence-corrected chi connectivity index (χ4v) is 1.91. The third-order valence-corrected chi connectivity index (χ3v) is 2.82. The fraction of sp³-hybridized carbons (Fsp3) is 0.0667. The molecule has 0 fully saturated rings. The van der Waals surface area contributed by atoms with Crippen LogP contribution < -0.4 is 10.6 Å². The molecule has 2 aromatic rings. The van der Waals surface area contributed by atoms with Gasteiger partial charge in [0.15, 0.2) is 5.11 Å². The second-order valence-electron chi connectivity index (χ2n) is 3.98. The van der Waals surface area contributed by atoms with E-state index in [9.17, 15) is 4.79 Å². The van der Waals surface area contributed by atoms with E-state index in [2.05, 4.69) is 10.6 Å². The molecule has 0 aliphatic carbocycles. The molecule has 0 bridgehead atoms. The molecule has 2 rings (SSSR count). The second-order valence-corrected chi connectivity index (χ2v) is 4.39. The van der Waals surface area contributed by atoms with Gasteiger partial charge < -0.3 is 15.4 Å². The van der Waals surface area contributed by atoms with E-state index in [0.29, 0.717) is 16.4 Å². The molecule has 0 aliphatic heterocycles. The molecule has 2 aromatic carbocycles. The van der Waals surface area contributed by atoms with Crippen LogP contribution in [0.3, 0.4) is 0 Å². The van der Waals surface area contributed by atoms with Crippen molar-refractivity contribution in [3.8, 4) is 0 Å². The van der Waals surface area contributed by atoms with Crippen LogP contribution in [0, 0.1) is 0 Å². The first kappa shape index (κ1) is 14.0. The van der Waals surface area contributed by atoms with Gasteiger partial charge in [0.1, 0.15) is 0 Å². The van der Waals surface area contributed by atoms with Gasteiger partial charge in [0.25, 0.3) is 0 Å². The molecular weight excluding hydrogens is 272 g/mol. The van der Waals surface area contributed by atoms with Gasteiger partial charge in [-0.05, 0) is 36.5 Å². The Hall–Kier alpha value is -2.40. The maximum Gasteiger partial charge on any atom is 0.339 e. The summed E-state index contributed by atoms with van der Waals surface area (Å²) in [5.41, 5.74) is 1.92. The van der Waals surface area contributed by atoms with Crippen LogP contribution in [0.15, 0.2) is 54.6 Å². The Morgan fingerprint density at radius 2 is 1.65 bits per heavy atom. The number of carbonyl (C=O) groups excluding carboxylic acids is 1. The molecular formula is C15H14N2O2S. The quantitative estimate of drug-likeness (QED) is 0.670. The lowest BCUT2D eigenvalue weighted by atomic mass is 10.2. The molecule has 0 aliphatic rings. The van der Waals surface area contributed by atoms with Crippen molar-refractivity contribution in [3.05, 3.63) is 60.2 Å². The van der Waals surface area contributed by atoms with E-state index >= 15 is 0 Å². The molecule has 0 unspecified atom stereocenters. The maximum absolute atomic E-state index is 11.6. The average molecular weight is 286 g/mol. The number of ether oxygens (including phenoxy) is 1. The van der Waals surface area contributed by atoms with Crippen molar-refractivity contribution in [3.63, 3.8) is 0 Å². The summed E-state index contributed by atoms with van der Waals surface area (Å²) in [7, 11) is 1.35. The molecule has 20 heavy (non-hydrogen) atoms. The van der Waals surface area contributed by atoms with E-state index < -0.39 is 5.97 Å². The standard InChI is InChI=1S/C15H14N2O2S/c1-19-14(18)12-9-5-6-10-13(12)17-15(20)16-11-7-3-2-4-8-11/h2-10H,1H3,(H2,16,17,20). The Kier molecular flexibility index (Phi) is 4.68. The lowest BCUT2D eigenvalue weighted by molar-refractivity contribution is 0.0602. The van der Waals surface area contributed by atoms with Gasteiger partial charge in [0.05, 0.1) is 18.4 Å². The van der Waals surface area contributed by atoms with Crippen LogP contribution in [0.2, 0.25) is 0 Å². The minimum atomic E-state index is -0.407. The molecule has 5 heteroatoms. The van der Waals surface area contributed by atoms with Gasteiger partial charge in [-0.3, -0.25) is 0 Å². The number of benzene rings is 2. The number of nitrogens with one attached hydrogen (secondary N) is 2. The Morgan fingerprint density at radius 1 is 1.00 bits per heavy atom. The highest BCUT2D eigenvalue weighted by Gasteiger charge is 2.11. The SMILES string of the molecule is COC(=O)c1ccccc1NC(=S)Nc1ccccc1. The fourth-order valence-electron chi connectivity index (χ4n) is 1.69. The molecule has 102 valence electrons. The van der Waals surface area contributed by atoms with Crippen LogP contribution in [0.4, 0.5) is 11.4 Å². The number of esters is 1. The average Bonchev–Trinajstić information content (AvgIpc) is 2.48. The summed E-state index contributed by atoms with van der Waals surface area (Å²) in [6, 6.07) is 16.6. The van der Waals surface area contributed by atoms with Gasteiger partial charge in [-0.15, -0.1) is 0 Å². The lowest BCUT2D eigenvalue weighted by Crippen LogP contribution is -2.20. The molecule has 0 atom stereocenters. The molecule has 0 aromatic heterocycles. The summed E-state index contributed by atoms with van der Waals surface area (Å²) in [4.78, 5) is 11.6. The number of para-hydroxylation sites is 2. The highest BCUT2D eigenvalue weighted by Crippen LogP contribution is 2.16. The van der Waals surface area contributed by atoms with Crippen molar-refractivity contribution in [1.82, 2.24) is 0 Å². The van der Waals surface area contributed by atoms with Crippen molar-refractivity contribution < 1.29 is 9.53 Å². The zero-order valence-corrected chi connectivity index (χ0v) is 11.7. The van der Waals surface area contributed by atoms with Gasteiger partial charge in [-0.25, -0.2) is 4.79 Å². The molecule has 0 saturated carbocycles. The highest BCUT2D eigenvalue weighted by atomic mass is 32.1.